The van der Waals surface area contributed by atoms with E-state index in [1.165, 1.54) is 12.0 Å². The van der Waals surface area contributed by atoms with Crippen molar-refractivity contribution in [2.45, 2.75) is 65.5 Å². The van der Waals surface area contributed by atoms with Crippen LogP contribution >= 0.6 is 0 Å². The molecule has 2 atom stereocenters. The van der Waals surface area contributed by atoms with Gasteiger partial charge in [-0.1, -0.05) is 44.0 Å². The van der Waals surface area contributed by atoms with Crippen molar-refractivity contribution in [3.05, 3.63) is 46.8 Å². The second-order valence-electron chi connectivity index (χ2n) is 7.19. The average molecular weight is 356 g/mol. The van der Waals surface area contributed by atoms with Crippen LogP contribution in [0.4, 0.5) is 0 Å². The number of hydrogen-bond acceptors (Lipinski definition) is 4. The lowest BCUT2D eigenvalue weighted by Gasteiger charge is -2.29. The Labute approximate surface area is 155 Å². The first-order valence-corrected chi connectivity index (χ1v) is 9.56. The second-order valence-corrected chi connectivity index (χ2v) is 7.19. The third-order valence-electron chi connectivity index (χ3n) is 5.34. The average Bonchev–Trinajstić information content (AvgIpc) is 3.03. The molecule has 140 valence electrons. The van der Waals surface area contributed by atoms with Crippen LogP contribution in [0.25, 0.3) is 0 Å². The fourth-order valence-corrected chi connectivity index (χ4v) is 3.48. The van der Waals surface area contributed by atoms with Crippen molar-refractivity contribution in [1.82, 2.24) is 10.5 Å². The quantitative estimate of drug-likeness (QED) is 0.831. The van der Waals surface area contributed by atoms with Crippen LogP contribution in [0.1, 0.15) is 66.9 Å². The minimum absolute atomic E-state index is 0.166. The first-order valence-electron chi connectivity index (χ1n) is 9.56. The zero-order valence-corrected chi connectivity index (χ0v) is 15.9. The lowest BCUT2D eigenvalue weighted by Crippen LogP contribution is -2.41. The number of hydrogen-bond donors (Lipinski definition) is 1. The van der Waals surface area contributed by atoms with Crippen molar-refractivity contribution in [2.75, 3.05) is 0 Å². The zero-order valence-electron chi connectivity index (χ0n) is 15.9. The van der Waals surface area contributed by atoms with Gasteiger partial charge in [0.25, 0.3) is 5.91 Å². The van der Waals surface area contributed by atoms with Crippen LogP contribution in [-0.4, -0.2) is 17.1 Å². The fourth-order valence-electron chi connectivity index (χ4n) is 3.48. The summed E-state index contributed by atoms with van der Waals surface area (Å²) in [5.74, 6) is 1.73. The number of nitrogens with one attached hydrogen (secondary N) is 1. The van der Waals surface area contributed by atoms with Gasteiger partial charge in [0.2, 0.25) is 0 Å². The van der Waals surface area contributed by atoms with Gasteiger partial charge in [0.05, 0.1) is 5.56 Å². The maximum absolute atomic E-state index is 12.7. The van der Waals surface area contributed by atoms with E-state index < -0.39 is 0 Å². The largest absolute Gasteiger partial charge is 0.489 e. The minimum atomic E-state index is -0.166. The van der Waals surface area contributed by atoms with Crippen LogP contribution in [-0.2, 0) is 13.0 Å². The van der Waals surface area contributed by atoms with Crippen molar-refractivity contribution in [2.24, 2.45) is 5.92 Å². The highest BCUT2D eigenvalue weighted by atomic mass is 16.5. The minimum Gasteiger partial charge on any atom is -0.489 e. The predicted molar refractivity (Wildman–Crippen MR) is 100 cm³/mol. The Bertz CT molecular complexity index is 736. The molecular formula is C21H28N2O3. The molecule has 0 saturated heterocycles. The summed E-state index contributed by atoms with van der Waals surface area (Å²) in [6.45, 7) is 6.40. The van der Waals surface area contributed by atoms with Gasteiger partial charge in [0, 0.05) is 6.04 Å². The van der Waals surface area contributed by atoms with Gasteiger partial charge < -0.3 is 14.6 Å². The summed E-state index contributed by atoms with van der Waals surface area (Å²) in [7, 11) is 0. The number of rotatable bonds is 6. The highest BCUT2D eigenvalue weighted by Gasteiger charge is 2.26. The van der Waals surface area contributed by atoms with Crippen molar-refractivity contribution < 1.29 is 14.1 Å². The standard InChI is InChI=1S/C21H28N2O3/c1-4-16-9-11-17(12-10-16)25-13-18-15(3)26-23-20(18)21(24)22-19-8-6-5-7-14(19)2/h9-12,14,19H,4-8,13H2,1-3H3,(H,22,24). The molecule has 1 aliphatic rings. The molecule has 0 radical (unpaired) electrons. The van der Waals surface area contributed by atoms with Crippen LogP contribution in [0.5, 0.6) is 5.75 Å². The summed E-state index contributed by atoms with van der Waals surface area (Å²) in [5.41, 5.74) is 2.32. The van der Waals surface area contributed by atoms with Gasteiger partial charge in [-0.25, -0.2) is 0 Å². The number of benzene rings is 1. The molecular weight excluding hydrogens is 328 g/mol. The molecule has 5 nitrogen and oxygen atoms in total. The molecule has 1 aromatic heterocycles. The molecule has 1 amide bonds. The van der Waals surface area contributed by atoms with E-state index in [4.69, 9.17) is 9.26 Å². The van der Waals surface area contributed by atoms with Crippen molar-refractivity contribution in [3.63, 3.8) is 0 Å². The van der Waals surface area contributed by atoms with E-state index >= 15 is 0 Å². The maximum Gasteiger partial charge on any atom is 0.274 e. The summed E-state index contributed by atoms with van der Waals surface area (Å²) >= 11 is 0. The molecule has 1 aromatic carbocycles. The molecule has 0 bridgehead atoms. The molecule has 2 unspecified atom stereocenters. The van der Waals surface area contributed by atoms with Crippen LogP contribution in [0.15, 0.2) is 28.8 Å². The Balaban J connectivity index is 1.66. The molecule has 3 rings (SSSR count). The van der Waals surface area contributed by atoms with Crippen molar-refractivity contribution in [1.29, 1.82) is 0 Å². The summed E-state index contributed by atoms with van der Waals surface area (Å²) in [4.78, 5) is 12.7. The topological polar surface area (TPSA) is 64.4 Å². The Hall–Kier alpha value is -2.30. The first-order chi connectivity index (χ1) is 12.6. The molecule has 1 aliphatic carbocycles. The number of ether oxygens (including phenoxy) is 1. The SMILES string of the molecule is CCc1ccc(OCc2c(C(=O)NC3CCCCC3C)noc2C)cc1. The molecule has 0 aliphatic heterocycles. The fraction of sp³-hybridized carbons (Fsp3) is 0.524. The highest BCUT2D eigenvalue weighted by Crippen LogP contribution is 2.25. The highest BCUT2D eigenvalue weighted by molar-refractivity contribution is 5.94. The maximum atomic E-state index is 12.7. The molecule has 1 heterocycles. The van der Waals surface area contributed by atoms with Crippen molar-refractivity contribution in [3.8, 4) is 5.75 Å². The Kier molecular flexibility index (Phi) is 5.96. The van der Waals surface area contributed by atoms with Gasteiger partial charge in [-0.05, 0) is 49.8 Å². The van der Waals surface area contributed by atoms with Gasteiger partial charge in [-0.2, -0.15) is 0 Å². The lowest BCUT2D eigenvalue weighted by molar-refractivity contribution is 0.0899. The molecule has 1 fully saturated rings. The number of nitrogens with zero attached hydrogens (tertiary/aromatic N) is 1. The molecule has 1 N–H and O–H groups in total. The van der Waals surface area contributed by atoms with E-state index in [1.54, 1.807) is 0 Å². The molecule has 5 heteroatoms. The Morgan fingerprint density at radius 2 is 2.00 bits per heavy atom. The number of amides is 1. The van der Waals surface area contributed by atoms with E-state index in [0.717, 1.165) is 31.4 Å². The monoisotopic (exact) mass is 356 g/mol. The smallest absolute Gasteiger partial charge is 0.274 e. The second kappa shape index (κ2) is 8.39. The molecule has 0 spiro atoms. The van der Waals surface area contributed by atoms with E-state index in [-0.39, 0.29) is 18.6 Å². The Morgan fingerprint density at radius 1 is 1.27 bits per heavy atom. The van der Waals surface area contributed by atoms with E-state index in [0.29, 0.717) is 22.9 Å². The number of carbonyl (C=O) groups excluding carboxylic acids is 1. The summed E-state index contributed by atoms with van der Waals surface area (Å²) in [6.07, 6.45) is 5.59. The molecule has 1 saturated carbocycles. The number of aryl methyl sites for hydroxylation is 2. The van der Waals surface area contributed by atoms with Crippen LogP contribution in [0, 0.1) is 12.8 Å². The molecule has 2 aromatic rings. The predicted octanol–water partition coefficient (Wildman–Crippen LogP) is 4.43. The van der Waals surface area contributed by atoms with Gasteiger partial charge in [-0.3, -0.25) is 4.79 Å². The lowest BCUT2D eigenvalue weighted by atomic mass is 9.86. The summed E-state index contributed by atoms with van der Waals surface area (Å²) in [6, 6.07) is 8.21. The summed E-state index contributed by atoms with van der Waals surface area (Å²) in [5, 5.41) is 7.11. The van der Waals surface area contributed by atoms with E-state index in [9.17, 15) is 4.79 Å². The van der Waals surface area contributed by atoms with Gasteiger partial charge in [0.15, 0.2) is 5.69 Å². The van der Waals surface area contributed by atoms with Crippen molar-refractivity contribution >= 4 is 5.91 Å². The zero-order chi connectivity index (χ0) is 18.5. The van der Waals surface area contributed by atoms with Crippen LogP contribution < -0.4 is 10.1 Å². The van der Waals surface area contributed by atoms with E-state index in [2.05, 4.69) is 24.3 Å². The Morgan fingerprint density at radius 3 is 2.69 bits per heavy atom. The first kappa shape index (κ1) is 18.5. The number of aromatic nitrogens is 1. The third-order valence-corrected chi connectivity index (χ3v) is 5.34. The van der Waals surface area contributed by atoms with Gasteiger partial charge >= 0.3 is 0 Å². The molecule has 26 heavy (non-hydrogen) atoms. The third kappa shape index (κ3) is 4.26. The van der Waals surface area contributed by atoms with E-state index in [1.807, 2.05) is 31.2 Å². The van der Waals surface area contributed by atoms with Crippen LogP contribution in [0.3, 0.4) is 0 Å². The van der Waals surface area contributed by atoms with Crippen LogP contribution in [0.2, 0.25) is 0 Å². The van der Waals surface area contributed by atoms with Gasteiger partial charge in [-0.15, -0.1) is 0 Å². The summed E-state index contributed by atoms with van der Waals surface area (Å²) < 4.78 is 11.1. The number of carbonyl (C=O) groups is 1. The van der Waals surface area contributed by atoms with Gasteiger partial charge in [0.1, 0.15) is 18.1 Å². The normalized spacial score (nSPS) is 20.0.